The number of amides is 2. The van der Waals surface area contributed by atoms with Crippen LogP contribution in [0, 0.1) is 5.82 Å². The van der Waals surface area contributed by atoms with Gasteiger partial charge in [0.1, 0.15) is 11.2 Å². The number of rotatable bonds is 13. The average Bonchev–Trinajstić information content (AvgIpc) is 3.19. The molecule has 0 aliphatic carbocycles. The van der Waals surface area contributed by atoms with Crippen LogP contribution in [0.3, 0.4) is 0 Å². The summed E-state index contributed by atoms with van der Waals surface area (Å²) < 4.78 is 14.4. The number of halogens is 1. The topological polar surface area (TPSA) is 49.4 Å². The van der Waals surface area contributed by atoms with Crippen molar-refractivity contribution in [2.75, 3.05) is 16.0 Å². The van der Waals surface area contributed by atoms with Crippen molar-refractivity contribution in [1.29, 1.82) is 0 Å². The fourth-order valence-electron chi connectivity index (χ4n) is 4.17. The molecule has 6 heteroatoms. The molecule has 0 aromatic heterocycles. The van der Waals surface area contributed by atoms with Gasteiger partial charge in [-0.1, -0.05) is 82.6 Å². The lowest BCUT2D eigenvalue weighted by Crippen LogP contribution is -2.28. The summed E-state index contributed by atoms with van der Waals surface area (Å²) in [7, 11) is 0. The van der Waals surface area contributed by atoms with Gasteiger partial charge in [0, 0.05) is 12.1 Å². The van der Waals surface area contributed by atoms with Gasteiger partial charge in [-0.05, 0) is 36.2 Å². The van der Waals surface area contributed by atoms with E-state index in [0.29, 0.717) is 17.9 Å². The van der Waals surface area contributed by atoms with Crippen LogP contribution in [0.25, 0.3) is 0 Å². The maximum atomic E-state index is 14.4. The molecule has 1 fully saturated rings. The van der Waals surface area contributed by atoms with E-state index in [9.17, 15) is 14.0 Å². The molecule has 3 rings (SSSR count). The second-order valence-corrected chi connectivity index (χ2v) is 9.70. The second kappa shape index (κ2) is 13.4. The standard InChI is InChI=1S/C27H35FN2O2S/c1-2-3-4-5-6-7-8-9-10-18-25(31)29-22-15-13-14-21(19-22)27-30(26(32)20-33-27)24-17-12-11-16-23(24)28/h11-17,19,27H,2-10,18,20H2,1H3,(H,29,31)/t27-/m0/s1. The number of para-hydroxylation sites is 1. The molecular formula is C27H35FN2O2S. The molecule has 0 radical (unpaired) electrons. The van der Waals surface area contributed by atoms with Gasteiger partial charge in [0.05, 0.1) is 11.4 Å². The highest BCUT2D eigenvalue weighted by Gasteiger charge is 2.35. The van der Waals surface area contributed by atoms with Crippen molar-refractivity contribution in [2.45, 2.75) is 76.5 Å². The molecule has 1 aliphatic rings. The van der Waals surface area contributed by atoms with Gasteiger partial charge in [-0.2, -0.15) is 0 Å². The molecule has 0 unspecified atom stereocenters. The summed E-state index contributed by atoms with van der Waals surface area (Å²) in [6.07, 6.45) is 11.5. The Morgan fingerprint density at radius 2 is 1.70 bits per heavy atom. The highest BCUT2D eigenvalue weighted by Crippen LogP contribution is 2.42. The van der Waals surface area contributed by atoms with E-state index in [-0.39, 0.29) is 22.9 Å². The molecule has 1 N–H and O–H groups in total. The Kier molecular flexibility index (Phi) is 10.3. The number of hydrogen-bond acceptors (Lipinski definition) is 3. The smallest absolute Gasteiger partial charge is 0.238 e. The molecule has 0 spiro atoms. The predicted molar refractivity (Wildman–Crippen MR) is 136 cm³/mol. The Morgan fingerprint density at radius 1 is 1.00 bits per heavy atom. The van der Waals surface area contributed by atoms with E-state index in [1.165, 1.54) is 67.7 Å². The van der Waals surface area contributed by atoms with E-state index in [0.717, 1.165) is 18.4 Å². The first-order chi connectivity index (χ1) is 16.1. The number of anilines is 2. The van der Waals surface area contributed by atoms with Crippen LogP contribution in [0.5, 0.6) is 0 Å². The minimum Gasteiger partial charge on any atom is -0.326 e. The largest absolute Gasteiger partial charge is 0.326 e. The number of thioether (sulfide) groups is 1. The Morgan fingerprint density at radius 3 is 2.42 bits per heavy atom. The van der Waals surface area contributed by atoms with Crippen LogP contribution < -0.4 is 10.2 Å². The highest BCUT2D eigenvalue weighted by atomic mass is 32.2. The first-order valence-electron chi connectivity index (χ1n) is 12.2. The number of carbonyl (C=O) groups is 2. The first-order valence-corrected chi connectivity index (χ1v) is 13.2. The van der Waals surface area contributed by atoms with E-state index in [4.69, 9.17) is 0 Å². The second-order valence-electron chi connectivity index (χ2n) is 8.63. The SMILES string of the molecule is CCCCCCCCCCCC(=O)Nc1cccc([C@@H]2SCC(=O)N2c2ccccc2F)c1. The van der Waals surface area contributed by atoms with Gasteiger partial charge < -0.3 is 5.32 Å². The zero-order chi connectivity index (χ0) is 23.5. The number of unbranched alkanes of at least 4 members (excludes halogenated alkanes) is 8. The van der Waals surface area contributed by atoms with Gasteiger partial charge in [-0.15, -0.1) is 11.8 Å². The number of nitrogens with zero attached hydrogens (tertiary/aromatic N) is 1. The van der Waals surface area contributed by atoms with Gasteiger partial charge in [-0.3, -0.25) is 14.5 Å². The van der Waals surface area contributed by atoms with E-state index in [1.54, 1.807) is 18.2 Å². The summed E-state index contributed by atoms with van der Waals surface area (Å²) in [6.45, 7) is 2.23. The Balaban J connectivity index is 1.49. The van der Waals surface area contributed by atoms with Crippen LogP contribution in [0.1, 0.15) is 82.1 Å². The first kappa shape index (κ1) is 25.3. The lowest BCUT2D eigenvalue weighted by Gasteiger charge is -2.25. The molecule has 0 saturated carbocycles. The normalized spacial score (nSPS) is 15.8. The zero-order valence-corrected chi connectivity index (χ0v) is 20.3. The van der Waals surface area contributed by atoms with Crippen LogP contribution in [0.2, 0.25) is 0 Å². The lowest BCUT2D eigenvalue weighted by atomic mass is 10.1. The summed E-state index contributed by atoms with van der Waals surface area (Å²) in [5.41, 5.74) is 1.87. The molecule has 33 heavy (non-hydrogen) atoms. The van der Waals surface area contributed by atoms with Crippen LogP contribution >= 0.6 is 11.8 Å². The van der Waals surface area contributed by atoms with Gasteiger partial charge in [0.15, 0.2) is 0 Å². The molecular weight excluding hydrogens is 435 g/mol. The number of carbonyl (C=O) groups excluding carboxylic acids is 2. The Bertz CT molecular complexity index is 920. The van der Waals surface area contributed by atoms with Crippen LogP contribution in [-0.2, 0) is 9.59 Å². The van der Waals surface area contributed by atoms with Crippen molar-refractivity contribution in [1.82, 2.24) is 0 Å². The van der Waals surface area contributed by atoms with Crippen LogP contribution in [0.4, 0.5) is 15.8 Å². The molecule has 2 amide bonds. The molecule has 1 heterocycles. The summed E-state index contributed by atoms with van der Waals surface area (Å²) in [4.78, 5) is 26.4. The van der Waals surface area contributed by atoms with Crippen molar-refractivity contribution >= 4 is 35.0 Å². The van der Waals surface area contributed by atoms with E-state index in [2.05, 4.69) is 12.2 Å². The van der Waals surface area contributed by atoms with Crippen LogP contribution in [-0.4, -0.2) is 17.6 Å². The Hall–Kier alpha value is -2.34. The van der Waals surface area contributed by atoms with E-state index < -0.39 is 5.82 Å². The summed E-state index contributed by atoms with van der Waals surface area (Å²) in [6, 6.07) is 13.9. The number of hydrogen-bond donors (Lipinski definition) is 1. The van der Waals surface area contributed by atoms with Gasteiger partial charge in [0.25, 0.3) is 0 Å². The third kappa shape index (κ3) is 7.60. The molecule has 0 bridgehead atoms. The number of nitrogens with one attached hydrogen (secondary N) is 1. The monoisotopic (exact) mass is 470 g/mol. The minimum atomic E-state index is -0.413. The molecule has 2 aromatic carbocycles. The Labute approximate surface area is 201 Å². The molecule has 178 valence electrons. The van der Waals surface area contributed by atoms with Crippen molar-refractivity contribution in [2.24, 2.45) is 0 Å². The zero-order valence-electron chi connectivity index (χ0n) is 19.5. The van der Waals surface area contributed by atoms with Crippen molar-refractivity contribution in [3.05, 3.63) is 59.9 Å². The van der Waals surface area contributed by atoms with E-state index in [1.807, 2.05) is 24.3 Å². The average molecular weight is 471 g/mol. The van der Waals surface area contributed by atoms with Gasteiger partial charge in [0.2, 0.25) is 11.8 Å². The number of benzene rings is 2. The fraction of sp³-hybridized carbons (Fsp3) is 0.481. The maximum absolute atomic E-state index is 14.4. The molecule has 1 saturated heterocycles. The summed E-state index contributed by atoms with van der Waals surface area (Å²) >= 11 is 1.47. The van der Waals surface area contributed by atoms with Gasteiger partial charge in [-0.25, -0.2) is 4.39 Å². The quantitative estimate of drug-likeness (QED) is 0.309. The van der Waals surface area contributed by atoms with Crippen molar-refractivity contribution in [3.63, 3.8) is 0 Å². The molecule has 2 aromatic rings. The minimum absolute atomic E-state index is 0.0104. The van der Waals surface area contributed by atoms with Crippen molar-refractivity contribution < 1.29 is 14.0 Å². The lowest BCUT2D eigenvalue weighted by molar-refractivity contribution is -0.117. The molecule has 1 aliphatic heterocycles. The summed E-state index contributed by atoms with van der Waals surface area (Å²) in [5, 5.41) is 2.67. The highest BCUT2D eigenvalue weighted by molar-refractivity contribution is 8.00. The van der Waals surface area contributed by atoms with E-state index >= 15 is 0 Å². The third-order valence-electron chi connectivity index (χ3n) is 5.94. The molecule has 1 atom stereocenters. The maximum Gasteiger partial charge on any atom is 0.238 e. The van der Waals surface area contributed by atoms with Gasteiger partial charge >= 0.3 is 0 Å². The molecule has 4 nitrogen and oxygen atoms in total. The fourth-order valence-corrected chi connectivity index (χ4v) is 5.33. The summed E-state index contributed by atoms with van der Waals surface area (Å²) in [5.74, 6) is -0.219. The predicted octanol–water partition coefficient (Wildman–Crippen LogP) is 7.46. The third-order valence-corrected chi connectivity index (χ3v) is 7.16. The van der Waals surface area contributed by atoms with Crippen LogP contribution in [0.15, 0.2) is 48.5 Å². The van der Waals surface area contributed by atoms with Crippen molar-refractivity contribution in [3.8, 4) is 0 Å².